The summed E-state index contributed by atoms with van der Waals surface area (Å²) in [4.78, 5) is 25.3. The predicted octanol–water partition coefficient (Wildman–Crippen LogP) is 4.81. The van der Waals surface area contributed by atoms with Crippen molar-refractivity contribution in [1.29, 1.82) is 0 Å². The zero-order valence-electron chi connectivity index (χ0n) is 17.6. The Morgan fingerprint density at radius 3 is 2.24 bits per heavy atom. The lowest BCUT2D eigenvalue weighted by Gasteiger charge is -2.21. The topological polar surface area (TPSA) is 122 Å². The van der Waals surface area contributed by atoms with Gasteiger partial charge in [-0.15, -0.1) is 0 Å². The Balaban J connectivity index is 1.58. The molecule has 33 heavy (non-hydrogen) atoms. The van der Waals surface area contributed by atoms with Gasteiger partial charge in [-0.25, -0.2) is 4.79 Å². The second kappa shape index (κ2) is 9.03. The highest BCUT2D eigenvalue weighted by molar-refractivity contribution is 5.92. The summed E-state index contributed by atoms with van der Waals surface area (Å²) < 4.78 is 21.9. The molecule has 4 aromatic rings. The molecule has 168 valence electrons. The van der Waals surface area contributed by atoms with Gasteiger partial charge < -0.3 is 29.1 Å². The molecule has 0 amide bonds. The Morgan fingerprint density at radius 2 is 1.61 bits per heavy atom. The lowest BCUT2D eigenvalue weighted by atomic mass is 10.2. The lowest BCUT2D eigenvalue weighted by Crippen LogP contribution is -2.11. The summed E-state index contributed by atoms with van der Waals surface area (Å²) in [6, 6.07) is 16.4. The molecule has 0 bridgehead atoms. The van der Waals surface area contributed by atoms with Crippen LogP contribution < -0.4 is 24.9 Å². The van der Waals surface area contributed by atoms with E-state index in [1.54, 1.807) is 38.3 Å². The summed E-state index contributed by atoms with van der Waals surface area (Å²) in [6.07, 6.45) is 0. The van der Waals surface area contributed by atoms with Crippen LogP contribution in [0.15, 0.2) is 75.9 Å². The molecule has 4 rings (SSSR count). The summed E-state index contributed by atoms with van der Waals surface area (Å²) in [7, 11) is 1.55. The molecule has 0 aliphatic heterocycles. The van der Waals surface area contributed by atoms with Gasteiger partial charge in [0.15, 0.2) is 0 Å². The van der Waals surface area contributed by atoms with Gasteiger partial charge in [0.05, 0.1) is 23.7 Å². The van der Waals surface area contributed by atoms with E-state index >= 15 is 0 Å². The van der Waals surface area contributed by atoms with Gasteiger partial charge >= 0.3 is 5.97 Å². The molecular formula is C24H18NO8-. The minimum atomic E-state index is -0.685. The van der Waals surface area contributed by atoms with Crippen LogP contribution in [0.25, 0.3) is 11.0 Å². The average Bonchev–Trinajstić information content (AvgIpc) is 2.82. The Kier molecular flexibility index (Phi) is 5.99. The van der Waals surface area contributed by atoms with E-state index in [1.807, 2.05) is 0 Å². The number of benzene rings is 3. The van der Waals surface area contributed by atoms with Gasteiger partial charge in [0.25, 0.3) is 0 Å². The predicted molar refractivity (Wildman–Crippen MR) is 119 cm³/mol. The normalized spacial score (nSPS) is 10.7. The van der Waals surface area contributed by atoms with Crippen molar-refractivity contribution in [3.05, 3.63) is 93.5 Å². The van der Waals surface area contributed by atoms with E-state index < -0.39 is 5.97 Å². The quantitative estimate of drug-likeness (QED) is 0.251. The summed E-state index contributed by atoms with van der Waals surface area (Å²) in [5.74, 6) is 0.888. The van der Waals surface area contributed by atoms with E-state index in [2.05, 4.69) is 0 Å². The number of nitrogens with zero attached hydrogens (tertiary/aromatic N) is 1. The van der Waals surface area contributed by atoms with Crippen molar-refractivity contribution in [2.45, 2.75) is 6.92 Å². The van der Waals surface area contributed by atoms with Crippen molar-refractivity contribution in [2.75, 3.05) is 12.3 Å². The van der Waals surface area contributed by atoms with Crippen molar-refractivity contribution in [3.63, 3.8) is 0 Å². The molecule has 0 saturated carbocycles. The molecule has 0 fully saturated rings. The van der Waals surface area contributed by atoms with E-state index in [4.69, 9.17) is 23.8 Å². The van der Waals surface area contributed by atoms with Crippen molar-refractivity contribution in [1.82, 2.24) is 0 Å². The molecule has 9 nitrogen and oxygen atoms in total. The highest BCUT2D eigenvalue weighted by Crippen LogP contribution is 2.28. The molecular weight excluding hydrogens is 430 g/mol. The molecule has 9 heteroatoms. The number of anilines is 1. The van der Waals surface area contributed by atoms with Crippen LogP contribution in [0.3, 0.4) is 0 Å². The number of hydrogen-bond donors (Lipinski definition) is 1. The fourth-order valence-corrected chi connectivity index (χ4v) is 3.10. The first-order chi connectivity index (χ1) is 15.9. The third-order valence-corrected chi connectivity index (χ3v) is 4.80. The Bertz CT molecular complexity index is 1360. The van der Waals surface area contributed by atoms with Gasteiger partial charge in [-0.1, -0.05) is 0 Å². The molecule has 1 heterocycles. The number of hydrogen-bond acceptors (Lipinski definition) is 9. The maximum atomic E-state index is 13.0. The molecule has 0 aliphatic rings. The fourth-order valence-electron chi connectivity index (χ4n) is 3.10. The van der Waals surface area contributed by atoms with Gasteiger partial charge in [0.2, 0.25) is 11.2 Å². The molecule has 3 aromatic carbocycles. The number of carbonyl (C=O) groups is 1. The minimum Gasteiger partial charge on any atom is -0.733 e. The van der Waals surface area contributed by atoms with Crippen molar-refractivity contribution in [3.8, 4) is 23.0 Å². The van der Waals surface area contributed by atoms with Gasteiger partial charge in [-0.05, 0) is 67.6 Å². The Labute approximate surface area is 187 Å². The summed E-state index contributed by atoms with van der Waals surface area (Å²) >= 11 is 0. The van der Waals surface area contributed by atoms with Crippen molar-refractivity contribution < 1.29 is 28.6 Å². The highest BCUT2D eigenvalue weighted by atomic mass is 16.8. The number of aryl methyl sites for hydroxylation is 1. The van der Waals surface area contributed by atoms with Gasteiger partial charge in [0.1, 0.15) is 28.6 Å². The van der Waals surface area contributed by atoms with Crippen molar-refractivity contribution in [2.24, 2.45) is 0 Å². The zero-order valence-corrected chi connectivity index (χ0v) is 17.6. The second-order valence-electron chi connectivity index (χ2n) is 6.96. The summed E-state index contributed by atoms with van der Waals surface area (Å²) in [5, 5.41) is 19.7. The SMILES string of the molecule is COc1ccc(Oc2c(C)oc3cc(OC(=O)c4ccc(N([O-])O)cc4)ccc3c2=O)cc1. The average molecular weight is 448 g/mol. The lowest BCUT2D eigenvalue weighted by molar-refractivity contribution is 0.0735. The number of esters is 1. The van der Waals surface area contributed by atoms with Gasteiger partial charge in [0, 0.05) is 6.07 Å². The van der Waals surface area contributed by atoms with E-state index in [0.717, 1.165) is 0 Å². The molecule has 0 radical (unpaired) electrons. The molecule has 0 aliphatic carbocycles. The van der Waals surface area contributed by atoms with E-state index in [1.165, 1.54) is 42.5 Å². The Morgan fingerprint density at radius 1 is 0.970 bits per heavy atom. The van der Waals surface area contributed by atoms with Crippen LogP contribution in [-0.2, 0) is 0 Å². The highest BCUT2D eigenvalue weighted by Gasteiger charge is 2.16. The van der Waals surface area contributed by atoms with Crippen LogP contribution in [0.5, 0.6) is 23.0 Å². The van der Waals surface area contributed by atoms with Crippen LogP contribution in [0, 0.1) is 12.1 Å². The van der Waals surface area contributed by atoms with E-state index in [0.29, 0.717) is 11.5 Å². The first-order valence-electron chi connectivity index (χ1n) is 9.73. The number of ether oxygens (including phenoxy) is 3. The van der Waals surface area contributed by atoms with E-state index in [9.17, 15) is 14.8 Å². The van der Waals surface area contributed by atoms with Crippen LogP contribution in [0.2, 0.25) is 0 Å². The number of fused-ring (bicyclic) bond motifs is 1. The maximum absolute atomic E-state index is 13.0. The van der Waals surface area contributed by atoms with Gasteiger partial charge in [-0.3, -0.25) is 10.0 Å². The first kappa shape index (κ1) is 21.9. The smallest absolute Gasteiger partial charge is 0.343 e. The zero-order chi connectivity index (χ0) is 23.5. The third-order valence-electron chi connectivity index (χ3n) is 4.80. The monoisotopic (exact) mass is 448 g/mol. The Hall–Kier alpha value is -4.34. The molecule has 1 aromatic heterocycles. The molecule has 0 atom stereocenters. The maximum Gasteiger partial charge on any atom is 0.343 e. The van der Waals surface area contributed by atoms with Gasteiger partial charge in [-0.2, -0.15) is 0 Å². The second-order valence-corrected chi connectivity index (χ2v) is 6.96. The molecule has 0 unspecified atom stereocenters. The summed E-state index contributed by atoms with van der Waals surface area (Å²) in [5.41, 5.74) is -0.00421. The third kappa shape index (κ3) is 4.64. The number of rotatable bonds is 6. The van der Waals surface area contributed by atoms with Crippen LogP contribution in [0.4, 0.5) is 5.69 Å². The summed E-state index contributed by atoms with van der Waals surface area (Å²) in [6.45, 7) is 1.60. The molecule has 0 spiro atoms. The molecule has 0 saturated heterocycles. The van der Waals surface area contributed by atoms with Crippen LogP contribution in [-0.4, -0.2) is 18.3 Å². The minimum absolute atomic E-state index is 0.0258. The van der Waals surface area contributed by atoms with Crippen molar-refractivity contribution >= 4 is 22.6 Å². The van der Waals surface area contributed by atoms with Crippen LogP contribution in [0.1, 0.15) is 16.1 Å². The standard InChI is InChI=1S/C24H18NO8/c1-14-23(32-18-9-7-17(30-2)8-10-18)22(26)20-12-11-19(13-21(20)31-14)33-24(27)15-3-5-16(6-4-15)25(28)29/h3-13,28H,1-2H3/q-1. The van der Waals surface area contributed by atoms with Crippen LogP contribution >= 0.6 is 0 Å². The molecule has 1 N–H and O–H groups in total. The van der Waals surface area contributed by atoms with E-state index in [-0.39, 0.29) is 50.1 Å². The number of carbonyl (C=O) groups excluding carboxylic acids is 1. The largest absolute Gasteiger partial charge is 0.733 e. The first-order valence-corrected chi connectivity index (χ1v) is 9.73. The number of methoxy groups -OCH3 is 1. The fraction of sp³-hybridized carbons (Fsp3) is 0.0833.